The minimum absolute atomic E-state index is 0.000836. The number of nitrogens with two attached hydrogens (primary N) is 1. The molecule has 12 nitrogen and oxygen atoms in total. The lowest BCUT2D eigenvalue weighted by Gasteiger charge is -2.34. The average molecular weight is 599 g/mol. The van der Waals surface area contributed by atoms with Crippen LogP contribution in [0.5, 0.6) is 11.5 Å². The van der Waals surface area contributed by atoms with Crippen LogP contribution in [0, 0.1) is 11.6 Å². The van der Waals surface area contributed by atoms with Gasteiger partial charge in [0.05, 0.1) is 43.3 Å². The van der Waals surface area contributed by atoms with Crippen molar-refractivity contribution in [1.82, 2.24) is 19.6 Å². The van der Waals surface area contributed by atoms with E-state index in [2.05, 4.69) is 25.2 Å². The standard InChI is InChI=1S/C29H36F2N8O4/c1-42-25-14-21-23(15-26(25)43-13-3-6-36-7-9-37(10-8-36)11-12-40)33-19-39(24-5-2-4-22(30)28(24)31)29(21)35-20-16-34-38(17-20)18-27(32)41/h2,4-5,14-17,35,40H,3,6-13,18-19H2,1H3,(H2,32,41). The number of aliphatic hydroxyl groups is 1. The molecule has 0 radical (unpaired) electrons. The van der Waals surface area contributed by atoms with Crippen LogP contribution in [0.2, 0.25) is 0 Å². The smallest absolute Gasteiger partial charge is 0.239 e. The second-order valence-corrected chi connectivity index (χ2v) is 10.3. The third-order valence-corrected chi connectivity index (χ3v) is 7.38. The highest BCUT2D eigenvalue weighted by molar-refractivity contribution is 5.78. The number of fused-ring (bicyclic) bond motifs is 1. The molecule has 0 bridgehead atoms. The van der Waals surface area contributed by atoms with Crippen molar-refractivity contribution >= 4 is 23.1 Å². The van der Waals surface area contributed by atoms with E-state index in [9.17, 15) is 13.6 Å². The number of piperazine rings is 1. The van der Waals surface area contributed by atoms with E-state index in [0.29, 0.717) is 46.7 Å². The number of rotatable bonds is 13. The predicted octanol–water partition coefficient (Wildman–Crippen LogP) is 0.309. The quantitative estimate of drug-likeness (QED) is 0.238. The van der Waals surface area contributed by atoms with E-state index in [4.69, 9.17) is 20.3 Å². The topological polar surface area (TPSA) is 134 Å². The monoisotopic (exact) mass is 598 g/mol. The van der Waals surface area contributed by atoms with Gasteiger partial charge in [0.15, 0.2) is 23.1 Å². The molecule has 0 atom stereocenters. The number of nitrogens with one attached hydrogen (secondary N) is 1. The predicted molar refractivity (Wildman–Crippen MR) is 156 cm³/mol. The molecule has 1 saturated heterocycles. The molecule has 0 aliphatic carbocycles. The molecule has 0 unspecified atom stereocenters. The number of carbonyl (C=O) groups is 1. The van der Waals surface area contributed by atoms with Gasteiger partial charge in [-0.2, -0.15) is 5.10 Å². The van der Waals surface area contributed by atoms with Crippen molar-refractivity contribution in [1.29, 1.82) is 0 Å². The van der Waals surface area contributed by atoms with Gasteiger partial charge in [0.1, 0.15) is 19.0 Å². The van der Waals surface area contributed by atoms with E-state index in [-0.39, 0.29) is 25.5 Å². The summed E-state index contributed by atoms with van der Waals surface area (Å²) in [5.74, 6) is -1.14. The summed E-state index contributed by atoms with van der Waals surface area (Å²) in [6, 6.07) is 7.47. The Morgan fingerprint density at radius 1 is 1.12 bits per heavy atom. The van der Waals surface area contributed by atoms with E-state index in [0.717, 1.165) is 45.2 Å². The van der Waals surface area contributed by atoms with Gasteiger partial charge in [-0.1, -0.05) is 6.07 Å². The summed E-state index contributed by atoms with van der Waals surface area (Å²) in [6.45, 7) is 5.94. The first-order valence-electron chi connectivity index (χ1n) is 14.1. The molecule has 2 aliphatic heterocycles. The van der Waals surface area contributed by atoms with E-state index < -0.39 is 17.5 Å². The second-order valence-electron chi connectivity index (χ2n) is 10.3. The van der Waals surface area contributed by atoms with Gasteiger partial charge in [0.2, 0.25) is 5.91 Å². The number of hydrogen-bond acceptors (Lipinski definition) is 10. The number of halogens is 2. The Kier molecular flexibility index (Phi) is 9.69. The summed E-state index contributed by atoms with van der Waals surface area (Å²) in [5.41, 5.74) is 5.79. The number of aliphatic hydroxyl groups excluding tert-OH is 1. The number of β-amino-alcohol motifs (C(OH)–C–C–N with tert-alkyl or cyclic N) is 1. The minimum Gasteiger partial charge on any atom is -0.493 e. The first-order valence-corrected chi connectivity index (χ1v) is 14.1. The zero-order chi connectivity index (χ0) is 30.3. The number of carbonyl (C=O) groups excluding carboxylic acids is 1. The van der Waals surface area contributed by atoms with Gasteiger partial charge in [0.25, 0.3) is 0 Å². The van der Waals surface area contributed by atoms with Crippen LogP contribution in [0.4, 0.5) is 20.2 Å². The first kappa shape index (κ1) is 30.2. The van der Waals surface area contributed by atoms with Gasteiger partial charge in [-0.05, 0) is 24.6 Å². The Labute approximate surface area is 247 Å². The summed E-state index contributed by atoms with van der Waals surface area (Å²) < 4.78 is 42.3. The Balaban J connectivity index is 1.39. The van der Waals surface area contributed by atoms with Gasteiger partial charge >= 0.3 is 0 Å². The van der Waals surface area contributed by atoms with E-state index in [1.165, 1.54) is 35.0 Å². The Bertz CT molecular complexity index is 1560. The maximum absolute atomic E-state index is 15.0. The number of hydrogen-bond donors (Lipinski definition) is 3. The zero-order valence-electron chi connectivity index (χ0n) is 24.0. The van der Waals surface area contributed by atoms with Gasteiger partial charge in [-0.25, -0.2) is 8.78 Å². The lowest BCUT2D eigenvalue weighted by Crippen LogP contribution is -2.47. The Morgan fingerprint density at radius 3 is 2.60 bits per heavy atom. The van der Waals surface area contributed by atoms with Crippen molar-refractivity contribution in [2.75, 3.05) is 76.5 Å². The van der Waals surface area contributed by atoms with E-state index >= 15 is 0 Å². The number of amides is 1. The van der Waals surface area contributed by atoms with Crippen molar-refractivity contribution in [2.24, 2.45) is 10.7 Å². The van der Waals surface area contributed by atoms with Crippen LogP contribution in [-0.2, 0) is 11.3 Å². The highest BCUT2D eigenvalue weighted by Crippen LogP contribution is 2.28. The lowest BCUT2D eigenvalue weighted by molar-refractivity contribution is -0.118. The third-order valence-electron chi connectivity index (χ3n) is 7.38. The van der Waals surface area contributed by atoms with Crippen LogP contribution < -0.4 is 36.0 Å². The molecule has 3 heterocycles. The van der Waals surface area contributed by atoms with Gasteiger partial charge < -0.3 is 35.4 Å². The van der Waals surface area contributed by atoms with Crippen LogP contribution in [0.1, 0.15) is 6.42 Å². The highest BCUT2D eigenvalue weighted by Gasteiger charge is 2.24. The molecule has 230 valence electrons. The van der Waals surface area contributed by atoms with Gasteiger partial charge in [-0.3, -0.25) is 19.4 Å². The molecule has 5 rings (SSSR count). The molecule has 4 N–H and O–H groups in total. The van der Waals surface area contributed by atoms with Crippen molar-refractivity contribution in [3.05, 3.63) is 64.9 Å². The normalized spacial score (nSPS) is 15.6. The minimum atomic E-state index is -1.01. The summed E-state index contributed by atoms with van der Waals surface area (Å²) in [5, 5.41) is 17.7. The second kappa shape index (κ2) is 13.8. The maximum Gasteiger partial charge on any atom is 0.239 e. The van der Waals surface area contributed by atoms with E-state index in [1.54, 1.807) is 18.3 Å². The lowest BCUT2D eigenvalue weighted by atomic mass is 10.2. The molecule has 2 aromatic carbocycles. The molecule has 1 fully saturated rings. The number of nitrogens with zero attached hydrogens (tertiary/aromatic N) is 6. The summed E-state index contributed by atoms with van der Waals surface area (Å²) >= 11 is 0. The van der Waals surface area contributed by atoms with Gasteiger partial charge in [0, 0.05) is 56.8 Å². The van der Waals surface area contributed by atoms with Gasteiger partial charge in [-0.15, -0.1) is 0 Å². The highest BCUT2D eigenvalue weighted by atomic mass is 19.2. The summed E-state index contributed by atoms with van der Waals surface area (Å²) in [4.78, 5) is 22.2. The first-order chi connectivity index (χ1) is 20.9. The Hall–Kier alpha value is -4.27. The molecule has 0 spiro atoms. The number of aromatic nitrogens is 2. The summed E-state index contributed by atoms with van der Waals surface area (Å²) in [6.07, 6.45) is 3.91. The largest absolute Gasteiger partial charge is 0.493 e. The number of primary amides is 1. The van der Waals surface area contributed by atoms with Crippen LogP contribution >= 0.6 is 0 Å². The summed E-state index contributed by atoms with van der Waals surface area (Å²) in [7, 11) is 1.53. The fourth-order valence-corrected chi connectivity index (χ4v) is 5.20. The number of benzene rings is 2. The number of ether oxygens (including phenoxy) is 2. The van der Waals surface area contributed by atoms with Crippen LogP contribution in [-0.4, -0.2) is 96.9 Å². The molecular formula is C29H36F2N8O4. The SMILES string of the molecule is COc1cc2c(cc1OCCCN1CCN(CCO)CC1)=NCN(c1cccc(F)c1F)C=2Nc1cnn(CC(N)=O)c1. The van der Waals surface area contributed by atoms with E-state index in [1.807, 2.05) is 0 Å². The molecule has 1 amide bonds. The molecule has 3 aromatic rings. The van der Waals surface area contributed by atoms with Crippen LogP contribution in [0.15, 0.2) is 47.7 Å². The van der Waals surface area contributed by atoms with Crippen molar-refractivity contribution in [3.63, 3.8) is 0 Å². The van der Waals surface area contributed by atoms with Crippen LogP contribution in [0.3, 0.4) is 0 Å². The fourth-order valence-electron chi connectivity index (χ4n) is 5.20. The molecular weight excluding hydrogens is 562 g/mol. The van der Waals surface area contributed by atoms with Crippen LogP contribution in [0.25, 0.3) is 5.82 Å². The number of anilines is 2. The van der Waals surface area contributed by atoms with Crippen molar-refractivity contribution < 1.29 is 28.2 Å². The van der Waals surface area contributed by atoms with Crippen molar-refractivity contribution in [3.8, 4) is 11.5 Å². The fraction of sp³-hybridized carbons (Fsp3) is 0.414. The molecule has 1 aromatic heterocycles. The number of methoxy groups -OCH3 is 1. The third kappa shape index (κ3) is 7.21. The maximum atomic E-state index is 15.0. The zero-order valence-corrected chi connectivity index (χ0v) is 24.0. The molecule has 14 heteroatoms. The molecule has 0 saturated carbocycles. The van der Waals surface area contributed by atoms with Crippen molar-refractivity contribution in [2.45, 2.75) is 13.0 Å². The average Bonchev–Trinajstić information content (AvgIpc) is 3.43. The molecule has 43 heavy (non-hydrogen) atoms. The Morgan fingerprint density at radius 2 is 1.88 bits per heavy atom. The molecule has 2 aliphatic rings.